The van der Waals surface area contributed by atoms with E-state index in [0.29, 0.717) is 0 Å². The molecule has 0 N–H and O–H groups in total. The molecule has 0 radical (unpaired) electrons. The lowest BCUT2D eigenvalue weighted by molar-refractivity contribution is 0.669. The third kappa shape index (κ3) is 5.91. The largest absolute Gasteiger partial charge is 0.456 e. The van der Waals surface area contributed by atoms with Crippen LogP contribution < -0.4 is 4.90 Å². The number of anilines is 3. The molecule has 0 aliphatic rings. The van der Waals surface area contributed by atoms with Crippen molar-refractivity contribution < 1.29 is 4.42 Å². The summed E-state index contributed by atoms with van der Waals surface area (Å²) in [5.74, 6) is 0. The highest BCUT2D eigenvalue weighted by molar-refractivity contribution is 6.12. The molecule has 11 rings (SSSR count). The van der Waals surface area contributed by atoms with Crippen LogP contribution in [-0.2, 0) is 0 Å². The zero-order chi connectivity index (χ0) is 38.4. The van der Waals surface area contributed by atoms with E-state index in [4.69, 9.17) is 4.42 Å². The molecule has 0 aliphatic carbocycles. The number of rotatable bonds is 7. The van der Waals surface area contributed by atoms with E-state index in [1.54, 1.807) is 0 Å². The molecule has 0 aliphatic heterocycles. The van der Waals surface area contributed by atoms with Crippen LogP contribution in [0.25, 0.3) is 88.0 Å². The lowest BCUT2D eigenvalue weighted by atomic mass is 9.96. The van der Waals surface area contributed by atoms with Gasteiger partial charge >= 0.3 is 0 Å². The van der Waals surface area contributed by atoms with Crippen LogP contribution in [0.2, 0.25) is 0 Å². The maximum absolute atomic E-state index is 6.25. The molecule has 11 aromatic rings. The van der Waals surface area contributed by atoms with Gasteiger partial charge in [-0.1, -0.05) is 176 Å². The second kappa shape index (κ2) is 14.1. The highest BCUT2D eigenvalue weighted by Gasteiger charge is 2.19. The number of hydrogen-bond acceptors (Lipinski definition) is 2. The maximum Gasteiger partial charge on any atom is 0.136 e. The second-order valence-electron chi connectivity index (χ2n) is 14.9. The highest BCUT2D eigenvalue weighted by atomic mass is 16.3. The summed E-state index contributed by atoms with van der Waals surface area (Å²) >= 11 is 0. The normalized spacial score (nSPS) is 11.4. The first-order valence-corrected chi connectivity index (χ1v) is 19.8. The van der Waals surface area contributed by atoms with Gasteiger partial charge in [-0.05, 0) is 109 Å². The minimum atomic E-state index is 0.900. The van der Waals surface area contributed by atoms with Gasteiger partial charge < -0.3 is 9.32 Å². The summed E-state index contributed by atoms with van der Waals surface area (Å²) in [6, 6.07) is 80.7. The molecule has 1 heterocycles. The van der Waals surface area contributed by atoms with Crippen molar-refractivity contribution in [2.24, 2.45) is 0 Å². The monoisotopic (exact) mass is 739 g/mol. The van der Waals surface area contributed by atoms with Crippen LogP contribution in [0.4, 0.5) is 17.1 Å². The number of para-hydroxylation sites is 2. The Kier molecular flexibility index (Phi) is 8.19. The first kappa shape index (κ1) is 33.6. The standard InChI is InChI=1S/C56H37NO/c1-2-13-44-37-45(28-25-38(44)11-1)50-16-5-7-20-53(50)57(47-35-31-43(32-36-47)51-19-10-22-55-56(51)52-17-6-8-21-54(52)58-55)46-33-29-40(30-34-46)39-23-26-42(27-24-39)49-18-9-14-41-12-3-4-15-48(41)49/h1-37H. The fourth-order valence-corrected chi connectivity index (χ4v) is 8.62. The Balaban J connectivity index is 0.998. The van der Waals surface area contributed by atoms with Crippen molar-refractivity contribution in [2.45, 2.75) is 0 Å². The van der Waals surface area contributed by atoms with Gasteiger partial charge in [0.1, 0.15) is 11.2 Å². The zero-order valence-corrected chi connectivity index (χ0v) is 31.7. The van der Waals surface area contributed by atoms with Crippen LogP contribution in [0.1, 0.15) is 0 Å². The van der Waals surface area contributed by atoms with E-state index in [9.17, 15) is 0 Å². The lowest BCUT2D eigenvalue weighted by Crippen LogP contribution is -2.11. The fourth-order valence-electron chi connectivity index (χ4n) is 8.62. The number of nitrogens with zero attached hydrogens (tertiary/aromatic N) is 1. The van der Waals surface area contributed by atoms with E-state index >= 15 is 0 Å². The molecule has 2 nitrogen and oxygen atoms in total. The molecule has 0 bridgehead atoms. The smallest absolute Gasteiger partial charge is 0.136 e. The molecule has 272 valence electrons. The third-order valence-electron chi connectivity index (χ3n) is 11.5. The summed E-state index contributed by atoms with van der Waals surface area (Å²) in [5, 5.41) is 7.26. The van der Waals surface area contributed by atoms with Crippen LogP contribution >= 0.6 is 0 Å². The van der Waals surface area contributed by atoms with Crippen molar-refractivity contribution in [3.05, 3.63) is 224 Å². The third-order valence-corrected chi connectivity index (χ3v) is 11.5. The molecule has 0 saturated heterocycles. The Morgan fingerprint density at radius 2 is 0.793 bits per heavy atom. The molecule has 0 spiro atoms. The van der Waals surface area contributed by atoms with Gasteiger partial charge in [-0.3, -0.25) is 0 Å². The van der Waals surface area contributed by atoms with E-state index in [0.717, 1.165) is 50.1 Å². The number of fused-ring (bicyclic) bond motifs is 5. The molecule has 10 aromatic carbocycles. The van der Waals surface area contributed by atoms with E-state index in [-0.39, 0.29) is 0 Å². The molecule has 0 unspecified atom stereocenters. The molecule has 58 heavy (non-hydrogen) atoms. The first-order valence-electron chi connectivity index (χ1n) is 19.8. The molecular formula is C56H37NO. The fraction of sp³-hybridized carbons (Fsp3) is 0. The van der Waals surface area contributed by atoms with Crippen molar-refractivity contribution in [1.82, 2.24) is 0 Å². The van der Waals surface area contributed by atoms with Crippen LogP contribution in [-0.4, -0.2) is 0 Å². The molecule has 0 fully saturated rings. The molecule has 1 aromatic heterocycles. The highest BCUT2D eigenvalue weighted by Crippen LogP contribution is 2.43. The van der Waals surface area contributed by atoms with Crippen LogP contribution in [0.3, 0.4) is 0 Å². The first-order chi connectivity index (χ1) is 28.7. The van der Waals surface area contributed by atoms with Crippen molar-refractivity contribution >= 4 is 60.5 Å². The Hall–Kier alpha value is -7.68. The summed E-state index contributed by atoms with van der Waals surface area (Å²) in [5.41, 5.74) is 14.6. The van der Waals surface area contributed by atoms with E-state index in [2.05, 4.69) is 217 Å². The van der Waals surface area contributed by atoms with Crippen LogP contribution in [0.15, 0.2) is 229 Å². The Bertz CT molecular complexity index is 3260. The van der Waals surface area contributed by atoms with E-state index in [1.165, 1.54) is 54.9 Å². The number of benzene rings is 10. The van der Waals surface area contributed by atoms with Crippen molar-refractivity contribution in [1.29, 1.82) is 0 Å². The molecular weight excluding hydrogens is 703 g/mol. The van der Waals surface area contributed by atoms with Gasteiger partial charge in [0.15, 0.2) is 0 Å². The lowest BCUT2D eigenvalue weighted by Gasteiger charge is -2.28. The summed E-state index contributed by atoms with van der Waals surface area (Å²) in [6.45, 7) is 0. The minimum absolute atomic E-state index is 0.900. The Morgan fingerprint density at radius 3 is 1.59 bits per heavy atom. The minimum Gasteiger partial charge on any atom is -0.456 e. The predicted octanol–water partition coefficient (Wildman–Crippen LogP) is 16.0. The average molecular weight is 740 g/mol. The zero-order valence-electron chi connectivity index (χ0n) is 31.7. The summed E-state index contributed by atoms with van der Waals surface area (Å²) in [4.78, 5) is 2.38. The number of furan rings is 1. The molecule has 2 heteroatoms. The molecule has 0 saturated carbocycles. The topological polar surface area (TPSA) is 16.4 Å². The van der Waals surface area contributed by atoms with Gasteiger partial charge in [0.05, 0.1) is 5.69 Å². The average Bonchev–Trinajstić information content (AvgIpc) is 3.69. The summed E-state index contributed by atoms with van der Waals surface area (Å²) in [7, 11) is 0. The quantitative estimate of drug-likeness (QED) is 0.162. The van der Waals surface area contributed by atoms with Gasteiger partial charge in [-0.25, -0.2) is 0 Å². The van der Waals surface area contributed by atoms with Gasteiger partial charge in [-0.2, -0.15) is 0 Å². The maximum atomic E-state index is 6.25. The van der Waals surface area contributed by atoms with E-state index < -0.39 is 0 Å². The van der Waals surface area contributed by atoms with Gasteiger partial charge in [-0.15, -0.1) is 0 Å². The van der Waals surface area contributed by atoms with Crippen LogP contribution in [0, 0.1) is 0 Å². The summed E-state index contributed by atoms with van der Waals surface area (Å²) < 4.78 is 6.25. The van der Waals surface area contributed by atoms with Crippen LogP contribution in [0.5, 0.6) is 0 Å². The van der Waals surface area contributed by atoms with Crippen molar-refractivity contribution in [2.75, 3.05) is 4.90 Å². The van der Waals surface area contributed by atoms with Gasteiger partial charge in [0.2, 0.25) is 0 Å². The SMILES string of the molecule is c1ccc(N(c2ccc(-c3ccc(-c4cccc5ccccc45)cc3)cc2)c2ccc(-c3cccc4oc5ccccc5c34)cc2)c(-c2ccc3ccccc3c2)c1. The van der Waals surface area contributed by atoms with E-state index in [1.807, 2.05) is 12.1 Å². The van der Waals surface area contributed by atoms with Gasteiger partial charge in [0.25, 0.3) is 0 Å². The van der Waals surface area contributed by atoms with Crippen molar-refractivity contribution in [3.8, 4) is 44.5 Å². The van der Waals surface area contributed by atoms with Crippen molar-refractivity contribution in [3.63, 3.8) is 0 Å². The Labute approximate surface area is 337 Å². The number of hydrogen-bond donors (Lipinski definition) is 0. The predicted molar refractivity (Wildman–Crippen MR) is 245 cm³/mol. The molecule has 0 amide bonds. The summed E-state index contributed by atoms with van der Waals surface area (Å²) in [6.07, 6.45) is 0. The Morgan fingerprint density at radius 1 is 0.293 bits per heavy atom. The molecule has 0 atom stereocenters. The van der Waals surface area contributed by atoms with Gasteiger partial charge in [0, 0.05) is 27.7 Å². The second-order valence-corrected chi connectivity index (χ2v) is 14.9.